The van der Waals surface area contributed by atoms with Gasteiger partial charge >= 0.3 is 0 Å². The third-order valence-electron chi connectivity index (χ3n) is 3.29. The van der Waals surface area contributed by atoms with Crippen molar-refractivity contribution in [2.45, 2.75) is 19.4 Å². The minimum absolute atomic E-state index is 0.0779. The van der Waals surface area contributed by atoms with Crippen LogP contribution in [0.2, 0.25) is 0 Å². The largest absolute Gasteiger partial charge is 0.367 e. The Morgan fingerprint density at radius 1 is 1.27 bits per heavy atom. The van der Waals surface area contributed by atoms with Crippen LogP contribution in [-0.4, -0.2) is 20.6 Å². The van der Waals surface area contributed by atoms with E-state index >= 15 is 0 Å². The first-order valence-corrected chi connectivity index (χ1v) is 7.53. The van der Waals surface area contributed by atoms with Crippen LogP contribution in [-0.2, 0) is 6.42 Å². The van der Waals surface area contributed by atoms with Crippen molar-refractivity contribution in [2.24, 2.45) is 0 Å². The van der Waals surface area contributed by atoms with Crippen molar-refractivity contribution < 1.29 is 8.78 Å². The summed E-state index contributed by atoms with van der Waals surface area (Å²) in [6.45, 7) is 1.85. The lowest BCUT2D eigenvalue weighted by Crippen LogP contribution is -2.20. The molecule has 114 valence electrons. The molecule has 4 nitrogen and oxygen atoms in total. The highest BCUT2D eigenvalue weighted by Crippen LogP contribution is 2.19. The number of aromatic nitrogens is 3. The second kappa shape index (κ2) is 6.00. The van der Waals surface area contributed by atoms with Crippen LogP contribution in [0.25, 0.3) is 5.65 Å². The van der Waals surface area contributed by atoms with E-state index in [0.717, 1.165) is 4.47 Å². The topological polar surface area (TPSA) is 42.2 Å². The van der Waals surface area contributed by atoms with Crippen molar-refractivity contribution in [2.75, 3.05) is 5.32 Å². The first-order chi connectivity index (χ1) is 10.5. The van der Waals surface area contributed by atoms with Crippen LogP contribution >= 0.6 is 15.9 Å². The van der Waals surface area contributed by atoms with Crippen molar-refractivity contribution in [1.29, 1.82) is 0 Å². The Hall–Kier alpha value is -2.02. The predicted octanol–water partition coefficient (Wildman–Crippen LogP) is 3.81. The summed E-state index contributed by atoms with van der Waals surface area (Å²) >= 11 is 3.37. The first-order valence-electron chi connectivity index (χ1n) is 6.74. The minimum atomic E-state index is -0.532. The average molecular weight is 367 g/mol. The molecule has 0 aliphatic rings. The number of anilines is 1. The SMILES string of the molecule is CC(Cc1c(F)cccc1F)Nc1ccn2ncc(Br)c2n1. The van der Waals surface area contributed by atoms with E-state index in [1.807, 2.05) is 6.92 Å². The van der Waals surface area contributed by atoms with Gasteiger partial charge in [-0.15, -0.1) is 0 Å². The Balaban J connectivity index is 1.78. The van der Waals surface area contributed by atoms with Gasteiger partial charge in [-0.1, -0.05) is 6.07 Å². The Morgan fingerprint density at radius 3 is 2.73 bits per heavy atom. The van der Waals surface area contributed by atoms with Gasteiger partial charge in [0.05, 0.1) is 10.7 Å². The minimum Gasteiger partial charge on any atom is -0.367 e. The molecule has 0 radical (unpaired) electrons. The molecule has 0 amide bonds. The van der Waals surface area contributed by atoms with Gasteiger partial charge in [0.1, 0.15) is 17.5 Å². The Morgan fingerprint density at radius 2 is 2.00 bits per heavy atom. The van der Waals surface area contributed by atoms with Gasteiger partial charge in [0, 0.05) is 17.8 Å². The Bertz CT molecular complexity index is 798. The zero-order valence-electron chi connectivity index (χ0n) is 11.7. The molecule has 2 heterocycles. The molecule has 1 N–H and O–H groups in total. The van der Waals surface area contributed by atoms with Gasteiger partial charge in [-0.3, -0.25) is 0 Å². The second-order valence-electron chi connectivity index (χ2n) is 5.02. The van der Waals surface area contributed by atoms with Crippen LogP contribution in [0.15, 0.2) is 41.1 Å². The quantitative estimate of drug-likeness (QED) is 0.763. The van der Waals surface area contributed by atoms with E-state index in [-0.39, 0.29) is 18.0 Å². The molecule has 0 aliphatic heterocycles. The number of rotatable bonds is 4. The summed E-state index contributed by atoms with van der Waals surface area (Å²) in [4.78, 5) is 4.42. The molecule has 22 heavy (non-hydrogen) atoms. The molecule has 1 atom stereocenters. The summed E-state index contributed by atoms with van der Waals surface area (Å²) < 4.78 is 29.8. The third-order valence-corrected chi connectivity index (χ3v) is 3.85. The average Bonchev–Trinajstić information content (AvgIpc) is 2.84. The van der Waals surface area contributed by atoms with E-state index in [1.165, 1.54) is 18.2 Å². The van der Waals surface area contributed by atoms with Crippen molar-refractivity contribution in [1.82, 2.24) is 14.6 Å². The van der Waals surface area contributed by atoms with Crippen LogP contribution in [0.3, 0.4) is 0 Å². The molecule has 0 bridgehead atoms. The van der Waals surface area contributed by atoms with Gasteiger partial charge in [-0.05, 0) is 47.5 Å². The fourth-order valence-electron chi connectivity index (χ4n) is 2.26. The van der Waals surface area contributed by atoms with Crippen LogP contribution in [0, 0.1) is 11.6 Å². The number of nitrogens with zero attached hydrogens (tertiary/aromatic N) is 3. The zero-order valence-corrected chi connectivity index (χ0v) is 13.3. The second-order valence-corrected chi connectivity index (χ2v) is 5.88. The number of fused-ring (bicyclic) bond motifs is 1. The lowest BCUT2D eigenvalue weighted by atomic mass is 10.1. The molecule has 0 fully saturated rings. The zero-order chi connectivity index (χ0) is 15.7. The van der Waals surface area contributed by atoms with E-state index in [4.69, 9.17) is 0 Å². The molecular weight excluding hydrogens is 354 g/mol. The summed E-state index contributed by atoms with van der Waals surface area (Å²) in [7, 11) is 0. The molecule has 1 aromatic carbocycles. The molecule has 0 saturated carbocycles. The number of hydrogen-bond acceptors (Lipinski definition) is 3. The maximum Gasteiger partial charge on any atom is 0.171 e. The number of hydrogen-bond donors (Lipinski definition) is 1. The highest BCUT2D eigenvalue weighted by Gasteiger charge is 2.13. The molecular formula is C15H13BrF2N4. The van der Waals surface area contributed by atoms with Crippen LogP contribution in [0.4, 0.5) is 14.6 Å². The Kier molecular flexibility index (Phi) is 4.06. The van der Waals surface area contributed by atoms with Crippen molar-refractivity contribution >= 4 is 27.4 Å². The standard InChI is InChI=1S/C15H13BrF2N4/c1-9(7-10-12(17)3-2-4-13(10)18)20-14-5-6-22-15(21-14)11(16)8-19-22/h2-6,8-9H,7H2,1H3,(H,20,21). The smallest absolute Gasteiger partial charge is 0.171 e. The molecule has 7 heteroatoms. The van der Waals surface area contributed by atoms with Crippen LogP contribution in [0.1, 0.15) is 12.5 Å². The van der Waals surface area contributed by atoms with Gasteiger partial charge in [0.25, 0.3) is 0 Å². The highest BCUT2D eigenvalue weighted by atomic mass is 79.9. The predicted molar refractivity (Wildman–Crippen MR) is 83.8 cm³/mol. The number of benzene rings is 1. The number of halogens is 3. The van der Waals surface area contributed by atoms with E-state index in [2.05, 4.69) is 31.3 Å². The molecule has 3 aromatic rings. The molecule has 1 unspecified atom stereocenters. The molecule has 2 aromatic heterocycles. The molecule has 0 aliphatic carbocycles. The van der Waals surface area contributed by atoms with E-state index in [1.54, 1.807) is 23.0 Å². The van der Waals surface area contributed by atoms with Gasteiger partial charge in [-0.2, -0.15) is 5.10 Å². The highest BCUT2D eigenvalue weighted by molar-refractivity contribution is 9.10. The van der Waals surface area contributed by atoms with E-state index in [9.17, 15) is 8.78 Å². The van der Waals surface area contributed by atoms with Crippen molar-refractivity contribution in [3.8, 4) is 0 Å². The van der Waals surface area contributed by atoms with Gasteiger partial charge in [-0.25, -0.2) is 18.3 Å². The fraction of sp³-hybridized carbons (Fsp3) is 0.200. The van der Waals surface area contributed by atoms with E-state index < -0.39 is 11.6 Å². The summed E-state index contributed by atoms with van der Waals surface area (Å²) in [5, 5.41) is 7.26. The lowest BCUT2D eigenvalue weighted by Gasteiger charge is -2.15. The van der Waals surface area contributed by atoms with Crippen molar-refractivity contribution in [3.63, 3.8) is 0 Å². The maximum absolute atomic E-state index is 13.7. The molecule has 0 saturated heterocycles. The fourth-order valence-corrected chi connectivity index (χ4v) is 2.62. The molecule has 3 rings (SSSR count). The monoisotopic (exact) mass is 366 g/mol. The van der Waals surface area contributed by atoms with Crippen LogP contribution < -0.4 is 5.32 Å². The van der Waals surface area contributed by atoms with Crippen LogP contribution in [0.5, 0.6) is 0 Å². The summed E-state index contributed by atoms with van der Waals surface area (Å²) in [5.41, 5.74) is 0.753. The normalized spacial score (nSPS) is 12.5. The molecule has 0 spiro atoms. The lowest BCUT2D eigenvalue weighted by molar-refractivity contribution is 0.546. The van der Waals surface area contributed by atoms with Gasteiger partial charge < -0.3 is 5.32 Å². The maximum atomic E-state index is 13.7. The van der Waals surface area contributed by atoms with E-state index in [0.29, 0.717) is 11.5 Å². The number of nitrogens with one attached hydrogen (secondary N) is 1. The summed E-state index contributed by atoms with van der Waals surface area (Å²) in [6, 6.07) is 5.47. The van der Waals surface area contributed by atoms with Crippen molar-refractivity contribution in [3.05, 3.63) is 58.3 Å². The third kappa shape index (κ3) is 2.94. The van der Waals surface area contributed by atoms with Gasteiger partial charge in [0.15, 0.2) is 5.65 Å². The first kappa shape index (κ1) is 14.9. The summed E-state index contributed by atoms with van der Waals surface area (Å²) in [5.74, 6) is -0.441. The Labute approximate surface area is 134 Å². The summed E-state index contributed by atoms with van der Waals surface area (Å²) in [6.07, 6.45) is 3.65. The van der Waals surface area contributed by atoms with Gasteiger partial charge in [0.2, 0.25) is 0 Å².